The van der Waals surface area contributed by atoms with E-state index in [-0.39, 0.29) is 0 Å². The minimum Gasteiger partial charge on any atom is -0.375 e. The van der Waals surface area contributed by atoms with E-state index in [1.165, 1.54) is 17.0 Å². The van der Waals surface area contributed by atoms with Crippen LogP contribution in [0, 0.1) is 0 Å². The van der Waals surface area contributed by atoms with Crippen LogP contribution in [0.15, 0.2) is 35.7 Å². The SMILES string of the molecule is CCN(CCc1csc(N)n1)c1ccccc1. The van der Waals surface area contributed by atoms with E-state index < -0.39 is 0 Å². The summed E-state index contributed by atoms with van der Waals surface area (Å²) in [5.41, 5.74) is 7.97. The van der Waals surface area contributed by atoms with E-state index in [9.17, 15) is 0 Å². The van der Waals surface area contributed by atoms with E-state index in [0.29, 0.717) is 5.13 Å². The normalized spacial score (nSPS) is 10.4. The smallest absolute Gasteiger partial charge is 0.180 e. The van der Waals surface area contributed by atoms with Crippen molar-refractivity contribution in [1.82, 2.24) is 4.98 Å². The molecule has 1 aromatic carbocycles. The Bertz CT molecular complexity index is 453. The number of hydrogen-bond donors (Lipinski definition) is 1. The molecule has 0 atom stereocenters. The Morgan fingerprint density at radius 2 is 2.06 bits per heavy atom. The van der Waals surface area contributed by atoms with E-state index in [0.717, 1.165) is 25.2 Å². The van der Waals surface area contributed by atoms with Crippen LogP contribution < -0.4 is 10.6 Å². The van der Waals surface area contributed by atoms with Crippen LogP contribution in [0.1, 0.15) is 12.6 Å². The maximum absolute atomic E-state index is 5.62. The number of hydrogen-bond acceptors (Lipinski definition) is 4. The minimum atomic E-state index is 0.655. The van der Waals surface area contributed by atoms with Gasteiger partial charge in [0.05, 0.1) is 5.69 Å². The van der Waals surface area contributed by atoms with Gasteiger partial charge in [0.1, 0.15) is 0 Å². The lowest BCUT2D eigenvalue weighted by Crippen LogP contribution is -2.25. The summed E-state index contributed by atoms with van der Waals surface area (Å²) < 4.78 is 0. The molecule has 2 rings (SSSR count). The van der Waals surface area contributed by atoms with E-state index >= 15 is 0 Å². The van der Waals surface area contributed by atoms with Crippen molar-refractivity contribution in [3.63, 3.8) is 0 Å². The number of thiazole rings is 1. The van der Waals surface area contributed by atoms with Crippen LogP contribution >= 0.6 is 11.3 Å². The van der Waals surface area contributed by atoms with E-state index in [1.807, 2.05) is 11.4 Å². The number of aromatic nitrogens is 1. The number of nitrogen functional groups attached to an aromatic ring is 1. The minimum absolute atomic E-state index is 0.655. The first-order valence-electron chi connectivity index (χ1n) is 5.79. The lowest BCUT2D eigenvalue weighted by atomic mass is 10.2. The summed E-state index contributed by atoms with van der Waals surface area (Å²) in [5.74, 6) is 0. The highest BCUT2D eigenvalue weighted by Crippen LogP contribution is 2.15. The van der Waals surface area contributed by atoms with Gasteiger partial charge in [-0.2, -0.15) is 0 Å². The average Bonchev–Trinajstić information content (AvgIpc) is 2.77. The van der Waals surface area contributed by atoms with Crippen LogP contribution in [0.3, 0.4) is 0 Å². The Labute approximate surface area is 106 Å². The molecule has 2 N–H and O–H groups in total. The molecule has 0 aliphatic carbocycles. The predicted octanol–water partition coefficient (Wildman–Crippen LogP) is 2.79. The molecule has 0 fully saturated rings. The molecular formula is C13H17N3S. The third kappa shape index (κ3) is 3.20. The fraction of sp³-hybridized carbons (Fsp3) is 0.308. The summed E-state index contributed by atoms with van der Waals surface area (Å²) >= 11 is 1.51. The lowest BCUT2D eigenvalue weighted by Gasteiger charge is -2.22. The molecule has 0 saturated heterocycles. The van der Waals surface area contributed by atoms with E-state index in [4.69, 9.17) is 5.73 Å². The van der Waals surface area contributed by atoms with Gasteiger partial charge in [-0.15, -0.1) is 11.3 Å². The zero-order valence-electron chi connectivity index (χ0n) is 9.97. The standard InChI is InChI=1S/C13H17N3S/c1-2-16(12-6-4-3-5-7-12)9-8-11-10-17-13(14)15-11/h3-7,10H,2,8-9H2,1H3,(H2,14,15). The zero-order chi connectivity index (χ0) is 12.1. The van der Waals surface area contributed by atoms with Crippen molar-refractivity contribution in [2.75, 3.05) is 23.7 Å². The highest BCUT2D eigenvalue weighted by atomic mass is 32.1. The maximum Gasteiger partial charge on any atom is 0.180 e. The number of nitrogens with zero attached hydrogens (tertiary/aromatic N) is 2. The van der Waals surface area contributed by atoms with Gasteiger partial charge in [0.25, 0.3) is 0 Å². The first-order chi connectivity index (χ1) is 8.29. The van der Waals surface area contributed by atoms with Gasteiger partial charge in [-0.1, -0.05) is 18.2 Å². The topological polar surface area (TPSA) is 42.1 Å². The highest BCUT2D eigenvalue weighted by Gasteiger charge is 2.05. The molecule has 0 aliphatic rings. The molecule has 0 amide bonds. The molecule has 90 valence electrons. The number of rotatable bonds is 5. The zero-order valence-corrected chi connectivity index (χ0v) is 10.8. The fourth-order valence-corrected chi connectivity index (χ4v) is 2.39. The van der Waals surface area contributed by atoms with Gasteiger partial charge in [-0.05, 0) is 19.1 Å². The van der Waals surface area contributed by atoms with Crippen molar-refractivity contribution in [1.29, 1.82) is 0 Å². The predicted molar refractivity (Wildman–Crippen MR) is 74.6 cm³/mol. The Morgan fingerprint density at radius 1 is 1.29 bits per heavy atom. The van der Waals surface area contributed by atoms with Crippen LogP contribution in [0.5, 0.6) is 0 Å². The summed E-state index contributed by atoms with van der Waals surface area (Å²) in [6.45, 7) is 4.15. The second-order valence-electron chi connectivity index (χ2n) is 3.84. The highest BCUT2D eigenvalue weighted by molar-refractivity contribution is 7.13. The summed E-state index contributed by atoms with van der Waals surface area (Å²) in [4.78, 5) is 6.62. The molecule has 0 radical (unpaired) electrons. The summed E-state index contributed by atoms with van der Waals surface area (Å²) in [6, 6.07) is 10.5. The first kappa shape index (κ1) is 11.9. The van der Waals surface area contributed by atoms with Crippen LogP contribution in [-0.2, 0) is 6.42 Å². The number of anilines is 2. The van der Waals surface area contributed by atoms with Gasteiger partial charge in [0.15, 0.2) is 5.13 Å². The van der Waals surface area contributed by atoms with Crippen molar-refractivity contribution < 1.29 is 0 Å². The van der Waals surface area contributed by atoms with Gasteiger partial charge < -0.3 is 10.6 Å². The third-order valence-electron chi connectivity index (χ3n) is 2.71. The van der Waals surface area contributed by atoms with Crippen molar-refractivity contribution >= 4 is 22.2 Å². The molecule has 1 aromatic heterocycles. The molecule has 0 unspecified atom stereocenters. The average molecular weight is 247 g/mol. The number of benzene rings is 1. The second-order valence-corrected chi connectivity index (χ2v) is 4.73. The Balaban J connectivity index is 1.97. The molecule has 1 heterocycles. The fourth-order valence-electron chi connectivity index (χ4n) is 1.80. The largest absolute Gasteiger partial charge is 0.375 e. The molecule has 0 aliphatic heterocycles. The second kappa shape index (κ2) is 5.68. The maximum atomic E-state index is 5.62. The van der Waals surface area contributed by atoms with Crippen molar-refractivity contribution in [3.8, 4) is 0 Å². The monoisotopic (exact) mass is 247 g/mol. The van der Waals surface area contributed by atoms with Gasteiger partial charge in [0, 0.05) is 30.6 Å². The lowest BCUT2D eigenvalue weighted by molar-refractivity contribution is 0.799. The molecule has 4 heteroatoms. The molecule has 0 spiro atoms. The molecule has 3 nitrogen and oxygen atoms in total. The molecule has 2 aromatic rings. The van der Waals surface area contributed by atoms with Gasteiger partial charge in [0.2, 0.25) is 0 Å². The number of para-hydroxylation sites is 1. The first-order valence-corrected chi connectivity index (χ1v) is 6.67. The van der Waals surface area contributed by atoms with Gasteiger partial charge in [-0.3, -0.25) is 0 Å². The third-order valence-corrected chi connectivity index (χ3v) is 3.43. The van der Waals surface area contributed by atoms with Crippen LogP contribution in [0.4, 0.5) is 10.8 Å². The number of likely N-dealkylation sites (N-methyl/N-ethyl adjacent to an activating group) is 1. The number of nitrogens with two attached hydrogens (primary N) is 1. The van der Waals surface area contributed by atoms with E-state index in [2.05, 4.69) is 41.1 Å². The molecule has 17 heavy (non-hydrogen) atoms. The summed E-state index contributed by atoms with van der Waals surface area (Å²) in [5, 5.41) is 2.69. The molecular weight excluding hydrogens is 230 g/mol. The van der Waals surface area contributed by atoms with Crippen molar-refractivity contribution in [3.05, 3.63) is 41.4 Å². The van der Waals surface area contributed by atoms with Crippen molar-refractivity contribution in [2.24, 2.45) is 0 Å². The quantitative estimate of drug-likeness (QED) is 0.883. The Hall–Kier alpha value is -1.55. The molecule has 0 bridgehead atoms. The summed E-state index contributed by atoms with van der Waals surface area (Å²) in [7, 11) is 0. The van der Waals surface area contributed by atoms with E-state index in [1.54, 1.807) is 0 Å². The van der Waals surface area contributed by atoms with Crippen LogP contribution in [0.2, 0.25) is 0 Å². The van der Waals surface area contributed by atoms with Crippen LogP contribution in [0.25, 0.3) is 0 Å². The summed E-state index contributed by atoms with van der Waals surface area (Å²) in [6.07, 6.45) is 0.941. The Kier molecular flexibility index (Phi) is 3.98. The van der Waals surface area contributed by atoms with Crippen LogP contribution in [-0.4, -0.2) is 18.1 Å². The van der Waals surface area contributed by atoms with Gasteiger partial charge in [-0.25, -0.2) is 4.98 Å². The van der Waals surface area contributed by atoms with Crippen molar-refractivity contribution in [2.45, 2.75) is 13.3 Å². The molecule has 0 saturated carbocycles. The Morgan fingerprint density at radius 3 is 2.65 bits per heavy atom. The van der Waals surface area contributed by atoms with Gasteiger partial charge >= 0.3 is 0 Å².